The van der Waals surface area contributed by atoms with Crippen LogP contribution in [0.4, 0.5) is 18.9 Å². The molecule has 10 heteroatoms. The van der Waals surface area contributed by atoms with Gasteiger partial charge >= 0.3 is 6.43 Å². The number of thiocarbonyl (C=S) groups is 1. The second kappa shape index (κ2) is 8.42. The summed E-state index contributed by atoms with van der Waals surface area (Å²) >= 11 is 5.82. The maximum absolute atomic E-state index is 14.0. The molecule has 2 aromatic carbocycles. The number of nitrogens with zero attached hydrogens (tertiary/aromatic N) is 5. The summed E-state index contributed by atoms with van der Waals surface area (Å²) in [6.07, 6.45) is -2.81. The molecule has 6 nitrogen and oxygen atoms in total. The first-order chi connectivity index (χ1) is 15.8. The minimum Gasteiger partial charge on any atom is -0.415 e. The largest absolute Gasteiger partial charge is 0.415 e. The van der Waals surface area contributed by atoms with Crippen molar-refractivity contribution in [3.8, 4) is 11.5 Å². The highest BCUT2D eigenvalue weighted by molar-refractivity contribution is 7.80. The molecule has 2 fully saturated rings. The number of likely N-dealkylation sites (tertiary alicyclic amines) is 2. The van der Waals surface area contributed by atoms with Gasteiger partial charge in [-0.15, -0.1) is 10.2 Å². The van der Waals surface area contributed by atoms with Crippen LogP contribution in [0.2, 0.25) is 0 Å². The first kappa shape index (κ1) is 21.8. The molecule has 0 amide bonds. The number of anilines is 1. The summed E-state index contributed by atoms with van der Waals surface area (Å²) in [5, 5.41) is 7.70. The van der Waals surface area contributed by atoms with Crippen LogP contribution >= 0.6 is 12.2 Å². The zero-order valence-corrected chi connectivity index (χ0v) is 18.7. The summed E-state index contributed by atoms with van der Waals surface area (Å²) in [6, 6.07) is 13.5. The number of alkyl halides is 2. The lowest BCUT2D eigenvalue weighted by molar-refractivity contribution is -0.0733. The highest BCUT2D eigenvalue weighted by Crippen LogP contribution is 2.39. The maximum atomic E-state index is 14.0. The third-order valence-corrected chi connectivity index (χ3v) is 6.53. The van der Waals surface area contributed by atoms with Gasteiger partial charge in [-0.05, 0) is 55.2 Å². The molecule has 0 saturated carbocycles. The van der Waals surface area contributed by atoms with Crippen molar-refractivity contribution in [2.75, 3.05) is 38.1 Å². The van der Waals surface area contributed by atoms with Crippen molar-refractivity contribution in [3.63, 3.8) is 0 Å². The lowest BCUT2D eigenvalue weighted by Gasteiger charge is -2.60. The van der Waals surface area contributed by atoms with Gasteiger partial charge in [0.2, 0.25) is 5.89 Å². The molecule has 2 aliphatic rings. The van der Waals surface area contributed by atoms with Gasteiger partial charge in [0.05, 0.1) is 6.54 Å². The molecule has 0 radical (unpaired) electrons. The molecule has 0 bridgehead atoms. The van der Waals surface area contributed by atoms with E-state index in [0.29, 0.717) is 28.3 Å². The topological polar surface area (TPSA) is 48.6 Å². The van der Waals surface area contributed by atoms with E-state index < -0.39 is 12.3 Å². The molecule has 1 aromatic heterocycles. The van der Waals surface area contributed by atoms with Crippen LogP contribution in [-0.4, -0.2) is 58.3 Å². The number of aromatic nitrogens is 2. The summed E-state index contributed by atoms with van der Waals surface area (Å²) < 4.78 is 44.4. The Morgan fingerprint density at radius 3 is 2.45 bits per heavy atom. The van der Waals surface area contributed by atoms with E-state index in [2.05, 4.69) is 27.0 Å². The zero-order valence-electron chi connectivity index (χ0n) is 17.9. The highest BCUT2D eigenvalue weighted by Gasteiger charge is 2.51. The van der Waals surface area contributed by atoms with E-state index in [1.54, 1.807) is 18.2 Å². The Morgan fingerprint density at radius 2 is 1.85 bits per heavy atom. The van der Waals surface area contributed by atoms with Gasteiger partial charge in [-0.25, -0.2) is 4.39 Å². The Hall–Kier alpha value is -2.98. The second-order valence-electron chi connectivity index (χ2n) is 8.82. The molecule has 0 aliphatic carbocycles. The van der Waals surface area contributed by atoms with Crippen LogP contribution in [-0.2, 0) is 6.54 Å². The van der Waals surface area contributed by atoms with Crippen molar-refractivity contribution in [1.29, 1.82) is 0 Å². The fraction of sp³-hybridized carbons (Fsp3) is 0.348. The predicted octanol–water partition coefficient (Wildman–Crippen LogP) is 4.35. The van der Waals surface area contributed by atoms with Crippen LogP contribution in [0.3, 0.4) is 0 Å². The highest BCUT2D eigenvalue weighted by atomic mass is 32.1. The molecular weight excluding hydrogens is 451 g/mol. The quantitative estimate of drug-likeness (QED) is 0.511. The number of hydrogen-bond donors (Lipinski definition) is 0. The van der Waals surface area contributed by atoms with E-state index in [4.69, 9.17) is 16.6 Å². The Labute approximate surface area is 194 Å². The van der Waals surface area contributed by atoms with E-state index in [1.165, 1.54) is 12.1 Å². The van der Waals surface area contributed by atoms with Crippen LogP contribution in [0.1, 0.15) is 17.9 Å². The average Bonchev–Trinajstić information content (AvgIpc) is 3.24. The van der Waals surface area contributed by atoms with E-state index in [-0.39, 0.29) is 11.7 Å². The maximum Gasteiger partial charge on any atom is 0.314 e. The van der Waals surface area contributed by atoms with E-state index in [0.717, 1.165) is 31.7 Å². The van der Waals surface area contributed by atoms with Gasteiger partial charge < -0.3 is 19.1 Å². The second-order valence-corrected chi connectivity index (χ2v) is 9.19. The average molecular weight is 474 g/mol. The molecule has 172 valence electrons. The van der Waals surface area contributed by atoms with Crippen molar-refractivity contribution in [2.45, 2.75) is 13.0 Å². The number of benzene rings is 2. The van der Waals surface area contributed by atoms with Gasteiger partial charge in [-0.2, -0.15) is 8.78 Å². The van der Waals surface area contributed by atoms with Crippen molar-refractivity contribution in [1.82, 2.24) is 20.0 Å². The van der Waals surface area contributed by atoms with Crippen LogP contribution in [0, 0.1) is 11.2 Å². The first-order valence-electron chi connectivity index (χ1n) is 10.5. The Morgan fingerprint density at radius 1 is 1.12 bits per heavy atom. The van der Waals surface area contributed by atoms with Gasteiger partial charge in [-0.3, -0.25) is 0 Å². The number of hydrogen-bond acceptors (Lipinski definition) is 5. The number of halogens is 3. The summed E-state index contributed by atoms with van der Waals surface area (Å²) in [5.74, 6) is -1.00. The van der Waals surface area contributed by atoms with E-state index in [1.807, 2.05) is 23.1 Å². The standard InChI is InChI=1S/C23H22F3N5OS/c1-29-11-23(12-29)13-30(14-23)22(33)31(18-4-2-3-17(24)9-18)10-15-5-7-16(8-6-15)20-27-28-21(32-20)19(25)26/h2-9,19H,10-14H2,1H3. The minimum atomic E-state index is -2.81. The smallest absolute Gasteiger partial charge is 0.314 e. The third kappa shape index (κ3) is 4.32. The van der Waals surface area contributed by atoms with E-state index in [9.17, 15) is 13.2 Å². The van der Waals surface area contributed by atoms with Gasteiger partial charge in [-0.1, -0.05) is 18.2 Å². The lowest BCUT2D eigenvalue weighted by atomic mass is 9.73. The summed E-state index contributed by atoms with van der Waals surface area (Å²) in [4.78, 5) is 6.37. The van der Waals surface area contributed by atoms with Crippen LogP contribution in [0.5, 0.6) is 0 Å². The predicted molar refractivity (Wildman–Crippen MR) is 121 cm³/mol. The van der Waals surface area contributed by atoms with Crippen molar-refractivity contribution in [3.05, 3.63) is 65.8 Å². The van der Waals surface area contributed by atoms with Gasteiger partial charge in [0.15, 0.2) is 5.11 Å². The molecule has 5 rings (SSSR count). The van der Waals surface area contributed by atoms with Crippen molar-refractivity contribution in [2.24, 2.45) is 5.41 Å². The van der Waals surface area contributed by atoms with E-state index >= 15 is 0 Å². The first-order valence-corrected chi connectivity index (χ1v) is 10.9. The fourth-order valence-corrected chi connectivity index (χ4v) is 4.96. The molecule has 0 unspecified atom stereocenters. The molecule has 0 N–H and O–H groups in total. The van der Waals surface area contributed by atoms with Crippen LogP contribution < -0.4 is 4.90 Å². The number of rotatable bonds is 5. The lowest BCUT2D eigenvalue weighted by Crippen LogP contribution is -2.73. The van der Waals surface area contributed by atoms with Crippen LogP contribution in [0.25, 0.3) is 11.5 Å². The molecule has 33 heavy (non-hydrogen) atoms. The minimum absolute atomic E-state index is 0.0331. The molecular formula is C23H22F3N5OS. The van der Waals surface area contributed by atoms with Crippen molar-refractivity contribution >= 4 is 23.0 Å². The SMILES string of the molecule is CN1CC2(C1)CN(C(=S)N(Cc1ccc(-c3nnc(C(F)F)o3)cc1)c1cccc(F)c1)C2. The van der Waals surface area contributed by atoms with Crippen LogP contribution in [0.15, 0.2) is 52.9 Å². The molecule has 2 saturated heterocycles. The third-order valence-electron chi connectivity index (χ3n) is 6.05. The zero-order chi connectivity index (χ0) is 23.2. The fourth-order valence-electron chi connectivity index (χ4n) is 4.66. The van der Waals surface area contributed by atoms with Gasteiger partial charge in [0.1, 0.15) is 5.82 Å². The summed E-state index contributed by atoms with van der Waals surface area (Å²) in [6.45, 7) is 4.35. The normalized spacial score (nSPS) is 17.2. The molecule has 1 spiro atoms. The van der Waals surface area contributed by atoms with Crippen molar-refractivity contribution < 1.29 is 17.6 Å². The Bertz CT molecular complexity index is 1150. The van der Waals surface area contributed by atoms with Gasteiger partial charge in [0, 0.05) is 42.8 Å². The Balaban J connectivity index is 1.34. The molecule has 3 heterocycles. The monoisotopic (exact) mass is 473 g/mol. The molecule has 2 aliphatic heterocycles. The summed E-state index contributed by atoms with van der Waals surface area (Å²) in [7, 11) is 2.11. The summed E-state index contributed by atoms with van der Waals surface area (Å²) in [5.41, 5.74) is 2.44. The molecule has 0 atom stereocenters. The molecule has 3 aromatic rings. The Kier molecular flexibility index (Phi) is 5.57. The van der Waals surface area contributed by atoms with Gasteiger partial charge in [0.25, 0.3) is 5.89 Å².